The minimum atomic E-state index is -3.53. The lowest BCUT2D eigenvalue weighted by molar-refractivity contribution is -0.116. The van der Waals surface area contributed by atoms with E-state index in [1.165, 1.54) is 0 Å². The maximum Gasteiger partial charge on any atom is 0.251 e. The van der Waals surface area contributed by atoms with Crippen LogP contribution in [0.5, 0.6) is 0 Å². The van der Waals surface area contributed by atoms with Crippen molar-refractivity contribution < 1.29 is 18.0 Å². The predicted octanol–water partition coefficient (Wildman–Crippen LogP) is 1.76. The molecule has 0 atom stereocenters. The third-order valence-electron chi connectivity index (χ3n) is 4.56. The Bertz CT molecular complexity index is 1130. The number of carbonyl (C=O) groups excluding carboxylic acids is 2. The maximum atomic E-state index is 12.4. The lowest BCUT2D eigenvalue weighted by atomic mass is 10.2. The lowest BCUT2D eigenvalue weighted by Gasteiger charge is -2.10. The first kappa shape index (κ1) is 23.2. The van der Waals surface area contributed by atoms with Crippen LogP contribution in [0.2, 0.25) is 0 Å². The van der Waals surface area contributed by atoms with Crippen LogP contribution in [0, 0.1) is 0 Å². The average molecular weight is 456 g/mol. The Morgan fingerprint density at radius 1 is 1.03 bits per heavy atom. The molecule has 9 nitrogen and oxygen atoms in total. The molecule has 0 fully saturated rings. The number of anilines is 1. The maximum absolute atomic E-state index is 12.4. The zero-order valence-electron chi connectivity index (χ0n) is 17.4. The minimum Gasteiger partial charge on any atom is -0.351 e. The number of benzene rings is 2. The van der Waals surface area contributed by atoms with Crippen molar-refractivity contribution in [1.29, 1.82) is 0 Å². The van der Waals surface area contributed by atoms with Crippen molar-refractivity contribution in [3.8, 4) is 0 Å². The summed E-state index contributed by atoms with van der Waals surface area (Å²) in [6.07, 6.45) is 5.32. The Hall–Kier alpha value is -3.50. The van der Waals surface area contributed by atoms with Gasteiger partial charge in [-0.2, -0.15) is 0 Å². The highest BCUT2D eigenvalue weighted by Gasteiger charge is 2.12. The monoisotopic (exact) mass is 455 g/mol. The molecule has 0 aliphatic rings. The fourth-order valence-corrected chi connectivity index (χ4v) is 3.78. The molecule has 0 unspecified atom stereocenters. The van der Waals surface area contributed by atoms with Gasteiger partial charge in [0.1, 0.15) is 0 Å². The minimum absolute atomic E-state index is 0.0373. The molecular weight excluding hydrogens is 430 g/mol. The van der Waals surface area contributed by atoms with E-state index >= 15 is 0 Å². The summed E-state index contributed by atoms with van der Waals surface area (Å²) in [6.45, 7) is 0.656. The van der Waals surface area contributed by atoms with Crippen molar-refractivity contribution in [3.05, 3.63) is 84.4 Å². The summed E-state index contributed by atoms with van der Waals surface area (Å²) in [4.78, 5) is 28.4. The smallest absolute Gasteiger partial charge is 0.251 e. The van der Waals surface area contributed by atoms with E-state index in [1.54, 1.807) is 47.6 Å². The number of nitrogens with zero attached hydrogens (tertiary/aromatic N) is 2. The van der Waals surface area contributed by atoms with Crippen molar-refractivity contribution in [2.75, 3.05) is 17.6 Å². The molecule has 3 rings (SSSR count). The highest BCUT2D eigenvalue weighted by molar-refractivity contribution is 7.89. The third-order valence-corrected chi connectivity index (χ3v) is 5.89. The summed E-state index contributed by atoms with van der Waals surface area (Å²) in [6, 6.07) is 15.7. The van der Waals surface area contributed by atoms with Crippen LogP contribution in [0.4, 0.5) is 5.69 Å². The molecule has 2 aromatic carbocycles. The second-order valence-corrected chi connectivity index (χ2v) is 8.99. The molecule has 0 saturated carbocycles. The SMILES string of the molecule is O=C(CCn1ccnc1)Nc1cccc(C(=O)NCCS(=O)(=O)NCc2ccccc2)c1. The second kappa shape index (κ2) is 11.2. The molecule has 1 heterocycles. The molecule has 0 aliphatic heterocycles. The zero-order valence-corrected chi connectivity index (χ0v) is 18.2. The van der Waals surface area contributed by atoms with E-state index in [9.17, 15) is 18.0 Å². The summed E-state index contributed by atoms with van der Waals surface area (Å²) in [5, 5.41) is 5.35. The van der Waals surface area contributed by atoms with E-state index in [0.717, 1.165) is 5.56 Å². The molecule has 0 saturated heterocycles. The normalized spacial score (nSPS) is 11.1. The highest BCUT2D eigenvalue weighted by Crippen LogP contribution is 2.11. The quantitative estimate of drug-likeness (QED) is 0.407. The standard InChI is InChI=1S/C22H25N5O4S/c28-21(9-12-27-13-10-23-17-27)26-20-8-4-7-19(15-20)22(29)24-11-14-32(30,31)25-16-18-5-2-1-3-6-18/h1-8,10,13,15,17,25H,9,11-12,14,16H2,(H,24,29)(H,26,28). The molecule has 3 aromatic rings. The molecule has 0 spiro atoms. The van der Waals surface area contributed by atoms with Crippen LogP contribution in [-0.4, -0.2) is 42.1 Å². The molecule has 2 amide bonds. The van der Waals surface area contributed by atoms with Gasteiger partial charge in [0.2, 0.25) is 15.9 Å². The number of aryl methyl sites for hydroxylation is 1. The van der Waals surface area contributed by atoms with Gasteiger partial charge in [-0.3, -0.25) is 9.59 Å². The van der Waals surface area contributed by atoms with Gasteiger partial charge in [-0.25, -0.2) is 18.1 Å². The number of amides is 2. The van der Waals surface area contributed by atoms with Crippen molar-refractivity contribution in [1.82, 2.24) is 19.6 Å². The largest absolute Gasteiger partial charge is 0.351 e. The van der Waals surface area contributed by atoms with Gasteiger partial charge >= 0.3 is 0 Å². The second-order valence-electron chi connectivity index (χ2n) is 7.06. The Labute approximate surface area is 186 Å². The van der Waals surface area contributed by atoms with E-state index in [2.05, 4.69) is 20.3 Å². The fraction of sp³-hybridized carbons (Fsp3) is 0.227. The zero-order chi connectivity index (χ0) is 22.8. The number of aromatic nitrogens is 2. The van der Waals surface area contributed by atoms with E-state index in [4.69, 9.17) is 0 Å². The Balaban J connectivity index is 1.44. The molecule has 32 heavy (non-hydrogen) atoms. The van der Waals surface area contributed by atoms with Crippen LogP contribution in [0.25, 0.3) is 0 Å². The van der Waals surface area contributed by atoms with Crippen LogP contribution in [0.1, 0.15) is 22.3 Å². The number of hydrogen-bond acceptors (Lipinski definition) is 5. The van der Waals surface area contributed by atoms with E-state index in [-0.39, 0.29) is 31.2 Å². The van der Waals surface area contributed by atoms with E-state index < -0.39 is 15.9 Å². The van der Waals surface area contributed by atoms with Gasteiger partial charge in [0, 0.05) is 49.7 Å². The van der Waals surface area contributed by atoms with Gasteiger partial charge in [0.25, 0.3) is 5.91 Å². The molecule has 1 aromatic heterocycles. The van der Waals surface area contributed by atoms with Crippen LogP contribution in [-0.2, 0) is 27.9 Å². The van der Waals surface area contributed by atoms with Gasteiger partial charge in [-0.1, -0.05) is 36.4 Å². The Morgan fingerprint density at radius 3 is 2.59 bits per heavy atom. The first-order valence-electron chi connectivity index (χ1n) is 10.1. The van der Waals surface area contributed by atoms with Gasteiger partial charge in [-0.15, -0.1) is 0 Å². The highest BCUT2D eigenvalue weighted by atomic mass is 32.2. The number of imidazole rings is 1. The van der Waals surface area contributed by atoms with Crippen LogP contribution in [0.15, 0.2) is 73.3 Å². The topological polar surface area (TPSA) is 122 Å². The number of sulfonamides is 1. The van der Waals surface area contributed by atoms with Gasteiger partial charge in [0.15, 0.2) is 0 Å². The predicted molar refractivity (Wildman–Crippen MR) is 121 cm³/mol. The van der Waals surface area contributed by atoms with Gasteiger partial charge < -0.3 is 15.2 Å². The van der Waals surface area contributed by atoms with Crippen molar-refractivity contribution in [3.63, 3.8) is 0 Å². The summed E-state index contributed by atoms with van der Waals surface area (Å²) < 4.78 is 28.6. The molecule has 10 heteroatoms. The van der Waals surface area contributed by atoms with Crippen molar-refractivity contribution in [2.24, 2.45) is 0 Å². The third kappa shape index (κ3) is 7.64. The summed E-state index contributed by atoms with van der Waals surface area (Å²) in [7, 11) is -3.53. The first-order chi connectivity index (χ1) is 15.4. The molecule has 3 N–H and O–H groups in total. The summed E-state index contributed by atoms with van der Waals surface area (Å²) in [5.41, 5.74) is 1.67. The van der Waals surface area contributed by atoms with Crippen LogP contribution >= 0.6 is 0 Å². The van der Waals surface area contributed by atoms with E-state index in [0.29, 0.717) is 17.8 Å². The summed E-state index contributed by atoms with van der Waals surface area (Å²) >= 11 is 0. The number of hydrogen-bond donors (Lipinski definition) is 3. The molecule has 0 aliphatic carbocycles. The van der Waals surface area contributed by atoms with Crippen LogP contribution in [0.3, 0.4) is 0 Å². The number of rotatable bonds is 11. The molecule has 168 valence electrons. The van der Waals surface area contributed by atoms with E-state index in [1.807, 2.05) is 30.3 Å². The number of nitrogens with one attached hydrogen (secondary N) is 3. The average Bonchev–Trinajstić information content (AvgIpc) is 3.31. The van der Waals surface area contributed by atoms with Gasteiger partial charge in [0.05, 0.1) is 12.1 Å². The lowest BCUT2D eigenvalue weighted by Crippen LogP contribution is -2.34. The van der Waals surface area contributed by atoms with Gasteiger partial charge in [-0.05, 0) is 23.8 Å². The van der Waals surface area contributed by atoms with Crippen molar-refractivity contribution >= 4 is 27.5 Å². The number of carbonyl (C=O) groups is 2. The Kier molecular flexibility index (Phi) is 8.12. The fourth-order valence-electron chi connectivity index (χ4n) is 2.87. The Morgan fingerprint density at radius 2 is 1.84 bits per heavy atom. The molecule has 0 radical (unpaired) electrons. The summed E-state index contributed by atoms with van der Waals surface area (Å²) in [5.74, 6) is -0.847. The first-order valence-corrected chi connectivity index (χ1v) is 11.7. The molecular formula is C22H25N5O4S. The molecule has 0 bridgehead atoms. The van der Waals surface area contributed by atoms with Crippen molar-refractivity contribution in [2.45, 2.75) is 19.5 Å². The van der Waals surface area contributed by atoms with Crippen LogP contribution < -0.4 is 15.4 Å².